The van der Waals surface area contributed by atoms with Gasteiger partial charge in [0.2, 0.25) is 10.0 Å². The molecule has 6 nitrogen and oxygen atoms in total. The van der Waals surface area contributed by atoms with Gasteiger partial charge in [-0.2, -0.15) is 0 Å². The van der Waals surface area contributed by atoms with E-state index in [0.717, 1.165) is 11.8 Å². The van der Waals surface area contributed by atoms with E-state index in [2.05, 4.69) is 4.72 Å². The van der Waals surface area contributed by atoms with Crippen molar-refractivity contribution in [1.29, 1.82) is 0 Å². The zero-order valence-electron chi connectivity index (χ0n) is 12.4. The molecule has 0 bridgehead atoms. The smallest absolute Gasteiger partial charge is 0.273 e. The molecule has 1 aromatic carbocycles. The lowest BCUT2D eigenvalue weighted by Crippen LogP contribution is -2.35. The number of hydrogen-bond acceptors (Lipinski definition) is 5. The van der Waals surface area contributed by atoms with E-state index >= 15 is 0 Å². The van der Waals surface area contributed by atoms with Crippen molar-refractivity contribution in [2.75, 3.05) is 21.8 Å². The van der Waals surface area contributed by atoms with Crippen molar-refractivity contribution in [3.63, 3.8) is 0 Å². The Bertz CT molecular complexity index is 919. The van der Waals surface area contributed by atoms with Crippen LogP contribution in [0.2, 0.25) is 0 Å². The average molecular weight is 372 g/mol. The summed E-state index contributed by atoms with van der Waals surface area (Å²) < 4.78 is 52.3. The van der Waals surface area contributed by atoms with E-state index in [1.54, 1.807) is 35.7 Å². The van der Waals surface area contributed by atoms with Crippen molar-refractivity contribution in [1.82, 2.24) is 0 Å². The monoisotopic (exact) mass is 372 g/mol. The van der Waals surface area contributed by atoms with Crippen LogP contribution in [0.1, 0.15) is 12.0 Å². The highest BCUT2D eigenvalue weighted by Gasteiger charge is 2.29. The van der Waals surface area contributed by atoms with Gasteiger partial charge >= 0.3 is 0 Å². The van der Waals surface area contributed by atoms with E-state index in [1.165, 1.54) is 15.6 Å². The second kappa shape index (κ2) is 5.81. The van der Waals surface area contributed by atoms with Gasteiger partial charge < -0.3 is 0 Å². The molecule has 1 aliphatic rings. The maximum absolute atomic E-state index is 12.7. The molecule has 2 aromatic rings. The Morgan fingerprint density at radius 1 is 1.17 bits per heavy atom. The minimum absolute atomic E-state index is 0.309. The number of fused-ring (bicyclic) bond motifs is 1. The lowest BCUT2D eigenvalue weighted by molar-refractivity contribution is 0.588. The highest BCUT2D eigenvalue weighted by Crippen LogP contribution is 2.34. The van der Waals surface area contributed by atoms with E-state index in [4.69, 9.17) is 0 Å². The molecule has 0 spiro atoms. The molecule has 0 fully saturated rings. The quantitative estimate of drug-likeness (QED) is 0.892. The zero-order chi connectivity index (χ0) is 16.7. The fourth-order valence-electron chi connectivity index (χ4n) is 2.61. The molecule has 0 atom stereocenters. The van der Waals surface area contributed by atoms with Crippen molar-refractivity contribution in [3.8, 4) is 0 Å². The molecule has 1 N–H and O–H groups in total. The number of rotatable bonds is 4. The van der Waals surface area contributed by atoms with Crippen LogP contribution in [-0.4, -0.2) is 29.6 Å². The number of hydrogen-bond donors (Lipinski definition) is 1. The molecule has 3 rings (SSSR count). The van der Waals surface area contributed by atoms with E-state index < -0.39 is 20.0 Å². The van der Waals surface area contributed by atoms with Crippen LogP contribution in [0.5, 0.6) is 0 Å². The molecule has 9 heteroatoms. The van der Waals surface area contributed by atoms with Crippen LogP contribution in [-0.2, 0) is 26.5 Å². The van der Waals surface area contributed by atoms with E-state index in [-0.39, 0.29) is 0 Å². The molecule has 0 saturated heterocycles. The normalized spacial score (nSPS) is 15.3. The second-order valence-electron chi connectivity index (χ2n) is 5.33. The molecule has 0 amide bonds. The summed E-state index contributed by atoms with van der Waals surface area (Å²) in [5, 5.41) is 1.73. The Kier molecular flexibility index (Phi) is 4.11. The number of anilines is 2. The molecule has 0 aliphatic carbocycles. The first-order chi connectivity index (χ1) is 10.8. The summed E-state index contributed by atoms with van der Waals surface area (Å²) in [6, 6.07) is 8.25. The van der Waals surface area contributed by atoms with Gasteiger partial charge in [0, 0.05) is 12.2 Å². The first-order valence-corrected chi connectivity index (χ1v) is 11.2. The summed E-state index contributed by atoms with van der Waals surface area (Å²) in [5.74, 6) is 0. The Morgan fingerprint density at radius 2 is 1.96 bits per heavy atom. The summed E-state index contributed by atoms with van der Waals surface area (Å²) in [6.45, 7) is 0.423. The maximum atomic E-state index is 12.7. The molecule has 124 valence electrons. The van der Waals surface area contributed by atoms with Crippen molar-refractivity contribution >= 4 is 42.8 Å². The third-order valence-corrected chi connectivity index (χ3v) is 7.29. The molecule has 1 aromatic heterocycles. The molecule has 0 saturated carbocycles. The molecule has 2 heterocycles. The largest absolute Gasteiger partial charge is 0.284 e. The highest BCUT2D eigenvalue weighted by molar-refractivity contribution is 7.94. The van der Waals surface area contributed by atoms with Crippen molar-refractivity contribution in [3.05, 3.63) is 41.3 Å². The van der Waals surface area contributed by atoms with Crippen LogP contribution in [0, 0.1) is 0 Å². The van der Waals surface area contributed by atoms with Gasteiger partial charge in [-0.05, 0) is 48.1 Å². The van der Waals surface area contributed by atoms with Crippen LogP contribution in [0.4, 0.5) is 11.4 Å². The molecule has 0 radical (unpaired) electrons. The van der Waals surface area contributed by atoms with E-state index in [1.807, 2.05) is 0 Å². The van der Waals surface area contributed by atoms with Gasteiger partial charge in [0.1, 0.15) is 4.21 Å². The van der Waals surface area contributed by atoms with Gasteiger partial charge in [0.05, 0.1) is 11.9 Å². The Labute approximate surface area is 139 Å². The average Bonchev–Trinajstić information content (AvgIpc) is 2.99. The van der Waals surface area contributed by atoms with Gasteiger partial charge in [-0.3, -0.25) is 9.03 Å². The molecular formula is C14H16N2O4S3. The number of nitrogens with zero attached hydrogens (tertiary/aromatic N) is 1. The lowest BCUT2D eigenvalue weighted by Gasteiger charge is -2.30. The van der Waals surface area contributed by atoms with Crippen molar-refractivity contribution in [2.45, 2.75) is 17.1 Å². The zero-order valence-corrected chi connectivity index (χ0v) is 14.8. The third-order valence-electron chi connectivity index (χ3n) is 3.50. The maximum Gasteiger partial charge on any atom is 0.273 e. The van der Waals surface area contributed by atoms with Gasteiger partial charge in [-0.25, -0.2) is 16.8 Å². The number of nitrogens with one attached hydrogen (secondary N) is 1. The predicted molar refractivity (Wildman–Crippen MR) is 92.1 cm³/mol. The van der Waals surface area contributed by atoms with Gasteiger partial charge in [0.15, 0.2) is 0 Å². The Morgan fingerprint density at radius 3 is 2.61 bits per heavy atom. The second-order valence-corrected chi connectivity index (χ2v) is 10.1. The third kappa shape index (κ3) is 3.36. The highest BCUT2D eigenvalue weighted by atomic mass is 32.2. The summed E-state index contributed by atoms with van der Waals surface area (Å²) in [4.78, 5) is 0. The minimum atomic E-state index is -3.57. The number of aryl methyl sites for hydroxylation is 1. The Balaban J connectivity index is 2.01. The molecule has 1 aliphatic heterocycles. The first-order valence-electron chi connectivity index (χ1n) is 6.94. The fraction of sp³-hybridized carbons (Fsp3) is 0.286. The van der Waals surface area contributed by atoms with Crippen LogP contribution < -0.4 is 9.03 Å². The van der Waals surface area contributed by atoms with Crippen LogP contribution in [0.25, 0.3) is 0 Å². The minimum Gasteiger partial charge on any atom is -0.284 e. The predicted octanol–water partition coefficient (Wildman–Crippen LogP) is 2.26. The van der Waals surface area contributed by atoms with E-state index in [0.29, 0.717) is 35.0 Å². The number of benzene rings is 1. The molecule has 23 heavy (non-hydrogen) atoms. The summed E-state index contributed by atoms with van der Waals surface area (Å²) >= 11 is 1.19. The van der Waals surface area contributed by atoms with E-state index in [9.17, 15) is 16.8 Å². The van der Waals surface area contributed by atoms with Crippen molar-refractivity contribution in [2.24, 2.45) is 0 Å². The first kappa shape index (κ1) is 16.3. The summed E-state index contributed by atoms with van der Waals surface area (Å²) in [6.07, 6.45) is 2.49. The van der Waals surface area contributed by atoms with Gasteiger partial charge in [-0.15, -0.1) is 11.3 Å². The van der Waals surface area contributed by atoms with Crippen LogP contribution >= 0.6 is 11.3 Å². The van der Waals surface area contributed by atoms with Gasteiger partial charge in [-0.1, -0.05) is 6.07 Å². The molecule has 0 unspecified atom stereocenters. The number of thiophene rings is 1. The SMILES string of the molecule is CS(=O)(=O)Nc1ccc2c(c1)CCCN2S(=O)(=O)c1cccs1. The summed E-state index contributed by atoms with van der Waals surface area (Å²) in [7, 11) is -6.93. The number of sulfonamides is 2. The van der Waals surface area contributed by atoms with Crippen LogP contribution in [0.3, 0.4) is 0 Å². The lowest BCUT2D eigenvalue weighted by atomic mass is 10.0. The topological polar surface area (TPSA) is 83.6 Å². The fourth-order valence-corrected chi connectivity index (χ4v) is 5.81. The van der Waals surface area contributed by atoms with Crippen molar-refractivity contribution < 1.29 is 16.8 Å². The van der Waals surface area contributed by atoms with Crippen LogP contribution in [0.15, 0.2) is 39.9 Å². The Hall–Kier alpha value is -1.58. The molecular weight excluding hydrogens is 356 g/mol. The standard InChI is InChI=1S/C14H16N2O4S3/c1-22(17,18)15-12-6-7-13-11(10-12)4-2-8-16(13)23(19,20)14-5-3-9-21-14/h3,5-7,9-10,15H,2,4,8H2,1H3. The van der Waals surface area contributed by atoms with Gasteiger partial charge in [0.25, 0.3) is 10.0 Å². The summed E-state index contributed by atoms with van der Waals surface area (Å²) in [5.41, 5.74) is 1.88.